The highest BCUT2D eigenvalue weighted by Crippen LogP contribution is 2.19. The van der Waals surface area contributed by atoms with Crippen LogP contribution in [-0.4, -0.2) is 31.8 Å². The number of hydrogen-bond acceptors (Lipinski definition) is 7. The van der Waals surface area contributed by atoms with E-state index in [-0.39, 0.29) is 0 Å². The number of ether oxygens (including phenoxy) is 1. The van der Waals surface area contributed by atoms with Gasteiger partial charge in [-0.2, -0.15) is 5.10 Å². The Balaban J connectivity index is 1.67. The molecule has 1 aromatic carbocycles. The van der Waals surface area contributed by atoms with Crippen molar-refractivity contribution < 1.29 is 4.74 Å². The minimum atomic E-state index is 0.422. The van der Waals surface area contributed by atoms with Crippen molar-refractivity contribution in [2.24, 2.45) is 0 Å². The molecule has 8 nitrogen and oxygen atoms in total. The van der Waals surface area contributed by atoms with Crippen molar-refractivity contribution in [1.82, 2.24) is 30.0 Å². The van der Waals surface area contributed by atoms with Gasteiger partial charge in [0.05, 0.1) is 19.2 Å². The van der Waals surface area contributed by atoms with Crippen molar-refractivity contribution in [3.05, 3.63) is 59.9 Å². The van der Waals surface area contributed by atoms with Gasteiger partial charge in [0, 0.05) is 13.1 Å². The Bertz CT molecular complexity index is 789. The zero-order chi connectivity index (χ0) is 16.8. The van der Waals surface area contributed by atoms with Gasteiger partial charge in [0.25, 0.3) is 0 Å². The molecule has 0 fully saturated rings. The Hall–Kier alpha value is -3.00. The first-order valence-corrected chi connectivity index (χ1v) is 7.51. The van der Waals surface area contributed by atoms with Gasteiger partial charge in [0.1, 0.15) is 24.8 Å². The number of methoxy groups -OCH3 is 1. The number of hydrogen-bond donors (Lipinski definition) is 2. The number of nitrogens with one attached hydrogen (secondary N) is 1. The summed E-state index contributed by atoms with van der Waals surface area (Å²) in [7, 11) is 1.57. The van der Waals surface area contributed by atoms with Crippen LogP contribution in [0.4, 0.5) is 5.82 Å². The van der Waals surface area contributed by atoms with E-state index in [4.69, 9.17) is 10.5 Å². The van der Waals surface area contributed by atoms with E-state index in [1.807, 2.05) is 12.1 Å². The smallest absolute Gasteiger partial charge is 0.222 e. The molecule has 3 rings (SSSR count). The normalized spacial score (nSPS) is 10.7. The molecular weight excluding hydrogens is 306 g/mol. The van der Waals surface area contributed by atoms with Crippen LogP contribution in [0.2, 0.25) is 0 Å². The zero-order valence-electron chi connectivity index (χ0n) is 13.4. The quantitative estimate of drug-likeness (QED) is 0.667. The van der Waals surface area contributed by atoms with Gasteiger partial charge in [0.2, 0.25) is 5.88 Å². The summed E-state index contributed by atoms with van der Waals surface area (Å²) >= 11 is 0. The van der Waals surface area contributed by atoms with E-state index in [0.29, 0.717) is 31.3 Å². The summed E-state index contributed by atoms with van der Waals surface area (Å²) in [5, 5.41) is 7.52. The molecule has 0 radical (unpaired) electrons. The van der Waals surface area contributed by atoms with Crippen LogP contribution in [-0.2, 0) is 19.6 Å². The summed E-state index contributed by atoms with van der Waals surface area (Å²) in [5.41, 5.74) is 9.03. The zero-order valence-corrected chi connectivity index (χ0v) is 13.4. The van der Waals surface area contributed by atoms with Crippen LogP contribution in [0.25, 0.3) is 0 Å². The average molecular weight is 325 g/mol. The first kappa shape index (κ1) is 15.9. The minimum absolute atomic E-state index is 0.422. The maximum Gasteiger partial charge on any atom is 0.222 e. The summed E-state index contributed by atoms with van der Waals surface area (Å²) < 4.78 is 7.03. The molecule has 0 aliphatic rings. The SMILES string of the molecule is COc1ncnc(N)c1CNCc1ccccc1Cn1cncn1. The van der Waals surface area contributed by atoms with Crippen LogP contribution in [0.1, 0.15) is 16.7 Å². The van der Waals surface area contributed by atoms with Crippen molar-refractivity contribution in [3.8, 4) is 5.88 Å². The average Bonchev–Trinajstić information content (AvgIpc) is 3.11. The second-order valence-corrected chi connectivity index (χ2v) is 5.21. The molecular formula is C16H19N7O. The molecule has 3 aromatic rings. The summed E-state index contributed by atoms with van der Waals surface area (Å²) in [6.45, 7) is 1.88. The number of nitrogens with zero attached hydrogens (tertiary/aromatic N) is 5. The van der Waals surface area contributed by atoms with Gasteiger partial charge < -0.3 is 15.8 Å². The Morgan fingerprint density at radius 1 is 1.12 bits per heavy atom. The fourth-order valence-electron chi connectivity index (χ4n) is 2.45. The molecule has 8 heteroatoms. The Morgan fingerprint density at radius 2 is 1.96 bits per heavy atom. The van der Waals surface area contributed by atoms with Crippen molar-refractivity contribution in [2.45, 2.75) is 19.6 Å². The van der Waals surface area contributed by atoms with Crippen LogP contribution >= 0.6 is 0 Å². The maximum atomic E-state index is 5.91. The third-order valence-electron chi connectivity index (χ3n) is 3.67. The molecule has 0 spiro atoms. The standard InChI is InChI=1S/C16H19N7O/c1-24-16-14(15(17)20-10-21-16)7-18-6-12-4-2-3-5-13(12)8-23-11-19-9-22-23/h2-5,9-11,18H,6-8H2,1H3,(H2,17,20,21). The lowest BCUT2D eigenvalue weighted by atomic mass is 10.1. The van der Waals surface area contributed by atoms with Crippen LogP contribution in [0.3, 0.4) is 0 Å². The van der Waals surface area contributed by atoms with E-state index in [1.165, 1.54) is 23.8 Å². The maximum absolute atomic E-state index is 5.91. The van der Waals surface area contributed by atoms with E-state index in [0.717, 1.165) is 5.56 Å². The van der Waals surface area contributed by atoms with E-state index in [9.17, 15) is 0 Å². The van der Waals surface area contributed by atoms with Crippen LogP contribution in [0.15, 0.2) is 43.2 Å². The molecule has 0 saturated heterocycles. The largest absolute Gasteiger partial charge is 0.481 e. The van der Waals surface area contributed by atoms with Gasteiger partial charge >= 0.3 is 0 Å². The van der Waals surface area contributed by atoms with Crippen molar-refractivity contribution >= 4 is 5.82 Å². The predicted molar refractivity (Wildman–Crippen MR) is 89.1 cm³/mol. The summed E-state index contributed by atoms with van der Waals surface area (Å²) in [4.78, 5) is 12.1. The van der Waals surface area contributed by atoms with E-state index in [2.05, 4.69) is 37.5 Å². The van der Waals surface area contributed by atoms with Gasteiger partial charge in [-0.25, -0.2) is 19.6 Å². The number of rotatable bonds is 7. The van der Waals surface area contributed by atoms with E-state index in [1.54, 1.807) is 18.1 Å². The van der Waals surface area contributed by atoms with Gasteiger partial charge in [0.15, 0.2) is 0 Å². The molecule has 0 unspecified atom stereocenters. The van der Waals surface area contributed by atoms with Crippen molar-refractivity contribution in [2.75, 3.05) is 12.8 Å². The number of anilines is 1. The van der Waals surface area contributed by atoms with Gasteiger partial charge in [-0.05, 0) is 11.1 Å². The van der Waals surface area contributed by atoms with Crippen LogP contribution < -0.4 is 15.8 Å². The van der Waals surface area contributed by atoms with E-state index < -0.39 is 0 Å². The summed E-state index contributed by atoms with van der Waals surface area (Å²) in [6, 6.07) is 8.20. The van der Waals surface area contributed by atoms with Crippen molar-refractivity contribution in [1.29, 1.82) is 0 Å². The second-order valence-electron chi connectivity index (χ2n) is 5.21. The topological polar surface area (TPSA) is 104 Å². The van der Waals surface area contributed by atoms with Gasteiger partial charge in [-0.3, -0.25) is 0 Å². The number of benzene rings is 1. The predicted octanol–water partition coefficient (Wildman–Crippen LogP) is 0.997. The molecule has 3 N–H and O–H groups in total. The monoisotopic (exact) mass is 325 g/mol. The molecule has 0 atom stereocenters. The highest BCUT2D eigenvalue weighted by Gasteiger charge is 2.10. The third-order valence-corrected chi connectivity index (χ3v) is 3.67. The second kappa shape index (κ2) is 7.51. The summed E-state index contributed by atoms with van der Waals surface area (Å²) in [6.07, 6.45) is 4.63. The fraction of sp³-hybridized carbons (Fsp3) is 0.250. The number of nitrogens with two attached hydrogens (primary N) is 1. The molecule has 0 amide bonds. The molecule has 0 saturated carbocycles. The van der Waals surface area contributed by atoms with Crippen LogP contribution in [0.5, 0.6) is 5.88 Å². The molecule has 24 heavy (non-hydrogen) atoms. The molecule has 2 aromatic heterocycles. The third kappa shape index (κ3) is 3.66. The molecule has 124 valence electrons. The first-order chi connectivity index (χ1) is 11.8. The van der Waals surface area contributed by atoms with Gasteiger partial charge in [-0.1, -0.05) is 24.3 Å². The first-order valence-electron chi connectivity index (χ1n) is 7.51. The Kier molecular flexibility index (Phi) is 4.97. The molecule has 0 aliphatic carbocycles. The van der Waals surface area contributed by atoms with Crippen LogP contribution in [0, 0.1) is 0 Å². The molecule has 0 aliphatic heterocycles. The van der Waals surface area contributed by atoms with E-state index >= 15 is 0 Å². The molecule has 0 bridgehead atoms. The molecule has 2 heterocycles. The van der Waals surface area contributed by atoms with Crippen molar-refractivity contribution in [3.63, 3.8) is 0 Å². The van der Waals surface area contributed by atoms with Gasteiger partial charge in [-0.15, -0.1) is 0 Å². The number of aromatic nitrogens is 5. The lowest BCUT2D eigenvalue weighted by Gasteiger charge is -2.12. The minimum Gasteiger partial charge on any atom is -0.481 e. The summed E-state index contributed by atoms with van der Waals surface area (Å²) in [5.74, 6) is 0.913. The highest BCUT2D eigenvalue weighted by atomic mass is 16.5. The lowest BCUT2D eigenvalue weighted by Crippen LogP contribution is -2.17. The Labute approximate surface area is 139 Å². The lowest BCUT2D eigenvalue weighted by molar-refractivity contribution is 0.389. The Morgan fingerprint density at radius 3 is 2.71 bits per heavy atom. The fourth-order valence-corrected chi connectivity index (χ4v) is 2.45. The highest BCUT2D eigenvalue weighted by molar-refractivity contribution is 5.44. The number of nitrogen functional groups attached to an aromatic ring is 1.